The number of hydrogen-bond acceptors (Lipinski definition) is 4. The molecule has 0 aliphatic rings. The van der Waals surface area contributed by atoms with E-state index < -0.39 is 0 Å². The van der Waals surface area contributed by atoms with Gasteiger partial charge in [-0.05, 0) is 40.1 Å². The first-order valence-corrected chi connectivity index (χ1v) is 7.52. The highest BCUT2D eigenvalue weighted by Crippen LogP contribution is 2.27. The quantitative estimate of drug-likeness (QED) is 0.820. The molecule has 0 saturated carbocycles. The minimum absolute atomic E-state index is 0.313. The van der Waals surface area contributed by atoms with E-state index in [0.717, 1.165) is 20.4 Å². The van der Waals surface area contributed by atoms with Gasteiger partial charge in [-0.25, -0.2) is 9.97 Å². The summed E-state index contributed by atoms with van der Waals surface area (Å²) >= 11 is 2.21. The highest BCUT2D eigenvalue weighted by atomic mass is 127. The number of methoxy groups -OCH3 is 1. The number of hydrogen-bond donors (Lipinski definition) is 1. The minimum atomic E-state index is 0.313. The minimum Gasteiger partial charge on any atom is -0.383 e. The van der Waals surface area contributed by atoms with Crippen LogP contribution in [0.1, 0.15) is 31.0 Å². The first kappa shape index (κ1) is 15.2. The molecule has 2 aromatic rings. The van der Waals surface area contributed by atoms with E-state index >= 15 is 0 Å². The normalized spacial score (nSPS) is 11.1. The summed E-state index contributed by atoms with van der Waals surface area (Å²) in [6.45, 7) is 4.79. The van der Waals surface area contributed by atoms with E-state index in [0.29, 0.717) is 24.2 Å². The Kier molecular flexibility index (Phi) is 4.93. The van der Waals surface area contributed by atoms with Crippen molar-refractivity contribution in [2.24, 2.45) is 0 Å². The van der Waals surface area contributed by atoms with E-state index in [2.05, 4.69) is 46.4 Å². The summed E-state index contributed by atoms with van der Waals surface area (Å²) in [6, 6.07) is 8.03. The van der Waals surface area contributed by atoms with E-state index in [1.54, 1.807) is 7.11 Å². The Balaban J connectivity index is 2.50. The molecule has 4 nitrogen and oxygen atoms in total. The molecule has 0 aliphatic heterocycles. The number of nitrogens with zero attached hydrogens (tertiary/aromatic N) is 2. The van der Waals surface area contributed by atoms with Crippen LogP contribution in [0.15, 0.2) is 24.3 Å². The van der Waals surface area contributed by atoms with Gasteiger partial charge >= 0.3 is 0 Å². The lowest BCUT2D eigenvalue weighted by Crippen LogP contribution is -2.06. The SMILES string of the molecule is COCc1cccc(-c2nc(N)c(I)c(C(C)C)n2)c1. The third kappa shape index (κ3) is 3.27. The van der Waals surface area contributed by atoms with Crippen LogP contribution in [-0.4, -0.2) is 17.1 Å². The van der Waals surface area contributed by atoms with Gasteiger partial charge < -0.3 is 10.5 Å². The standard InChI is InChI=1S/C15H18IN3O/c1-9(2)13-12(16)14(17)19-15(18-13)11-6-4-5-10(7-11)8-20-3/h4-7,9H,8H2,1-3H3,(H2,17,18,19). The molecule has 2 rings (SSSR count). The molecule has 0 atom stereocenters. The maximum atomic E-state index is 6.01. The molecule has 0 fully saturated rings. The van der Waals surface area contributed by atoms with Crippen LogP contribution in [0.4, 0.5) is 5.82 Å². The lowest BCUT2D eigenvalue weighted by molar-refractivity contribution is 0.185. The van der Waals surface area contributed by atoms with Gasteiger partial charge in [-0.15, -0.1) is 0 Å². The predicted octanol–water partition coefficient (Wildman–Crippen LogP) is 3.60. The number of nitrogens with two attached hydrogens (primary N) is 1. The highest BCUT2D eigenvalue weighted by Gasteiger charge is 2.14. The number of aromatic nitrogens is 2. The highest BCUT2D eigenvalue weighted by molar-refractivity contribution is 14.1. The van der Waals surface area contributed by atoms with Crippen molar-refractivity contribution >= 4 is 28.4 Å². The number of rotatable bonds is 4. The lowest BCUT2D eigenvalue weighted by atomic mass is 10.1. The van der Waals surface area contributed by atoms with E-state index in [1.807, 2.05) is 24.3 Å². The van der Waals surface area contributed by atoms with Crippen LogP contribution in [0.3, 0.4) is 0 Å². The van der Waals surface area contributed by atoms with Crippen molar-refractivity contribution in [1.29, 1.82) is 0 Å². The van der Waals surface area contributed by atoms with Crippen molar-refractivity contribution in [3.63, 3.8) is 0 Å². The molecule has 2 N–H and O–H groups in total. The summed E-state index contributed by atoms with van der Waals surface area (Å²) in [5.74, 6) is 1.52. The van der Waals surface area contributed by atoms with Crippen LogP contribution in [0, 0.1) is 3.57 Å². The average molecular weight is 383 g/mol. The maximum absolute atomic E-state index is 6.01. The molecule has 0 spiro atoms. The number of halogens is 1. The van der Waals surface area contributed by atoms with E-state index in [9.17, 15) is 0 Å². The van der Waals surface area contributed by atoms with E-state index in [4.69, 9.17) is 10.5 Å². The fraction of sp³-hybridized carbons (Fsp3) is 0.333. The summed E-state index contributed by atoms with van der Waals surface area (Å²) in [6.07, 6.45) is 0. The van der Waals surface area contributed by atoms with Crippen LogP contribution in [0.5, 0.6) is 0 Å². The first-order chi connectivity index (χ1) is 9.52. The summed E-state index contributed by atoms with van der Waals surface area (Å²) < 4.78 is 6.10. The maximum Gasteiger partial charge on any atom is 0.161 e. The second kappa shape index (κ2) is 6.49. The number of anilines is 1. The van der Waals surface area contributed by atoms with Gasteiger partial charge in [-0.3, -0.25) is 0 Å². The van der Waals surface area contributed by atoms with Crippen molar-refractivity contribution in [3.05, 3.63) is 39.1 Å². The van der Waals surface area contributed by atoms with Gasteiger partial charge in [0.15, 0.2) is 5.82 Å². The molecule has 0 bridgehead atoms. The van der Waals surface area contributed by atoms with E-state index in [1.165, 1.54) is 0 Å². The Bertz CT molecular complexity index is 614. The summed E-state index contributed by atoms with van der Waals surface area (Å²) in [5, 5.41) is 0. The van der Waals surface area contributed by atoms with Crippen LogP contribution < -0.4 is 5.73 Å². The number of benzene rings is 1. The third-order valence-corrected chi connectivity index (χ3v) is 4.05. The van der Waals surface area contributed by atoms with Gasteiger partial charge in [-0.1, -0.05) is 32.0 Å². The zero-order chi connectivity index (χ0) is 14.7. The van der Waals surface area contributed by atoms with Gasteiger partial charge in [-0.2, -0.15) is 0 Å². The van der Waals surface area contributed by atoms with Gasteiger partial charge in [0, 0.05) is 12.7 Å². The fourth-order valence-electron chi connectivity index (χ4n) is 1.96. The summed E-state index contributed by atoms with van der Waals surface area (Å²) in [4.78, 5) is 9.07. The van der Waals surface area contributed by atoms with Gasteiger partial charge in [0.05, 0.1) is 15.9 Å². The van der Waals surface area contributed by atoms with Crippen molar-refractivity contribution in [2.75, 3.05) is 12.8 Å². The van der Waals surface area contributed by atoms with Crippen LogP contribution >= 0.6 is 22.6 Å². The van der Waals surface area contributed by atoms with Crippen LogP contribution in [0.25, 0.3) is 11.4 Å². The topological polar surface area (TPSA) is 61.0 Å². The molecule has 1 heterocycles. The van der Waals surface area contributed by atoms with Crippen LogP contribution in [0.2, 0.25) is 0 Å². The third-order valence-electron chi connectivity index (χ3n) is 2.95. The molecular weight excluding hydrogens is 365 g/mol. The Labute approximate surface area is 132 Å². The van der Waals surface area contributed by atoms with E-state index in [-0.39, 0.29) is 0 Å². The zero-order valence-electron chi connectivity index (χ0n) is 11.9. The zero-order valence-corrected chi connectivity index (χ0v) is 14.0. The fourth-order valence-corrected chi connectivity index (χ4v) is 2.83. The van der Waals surface area contributed by atoms with Crippen molar-refractivity contribution in [2.45, 2.75) is 26.4 Å². The van der Waals surface area contributed by atoms with Crippen molar-refractivity contribution in [3.8, 4) is 11.4 Å². The largest absolute Gasteiger partial charge is 0.383 e. The molecule has 20 heavy (non-hydrogen) atoms. The monoisotopic (exact) mass is 383 g/mol. The summed E-state index contributed by atoms with van der Waals surface area (Å²) in [7, 11) is 1.68. The van der Waals surface area contributed by atoms with Gasteiger partial charge in [0.2, 0.25) is 0 Å². The Morgan fingerprint density at radius 3 is 2.70 bits per heavy atom. The number of ether oxygens (including phenoxy) is 1. The van der Waals surface area contributed by atoms with Crippen molar-refractivity contribution < 1.29 is 4.74 Å². The summed E-state index contributed by atoms with van der Waals surface area (Å²) in [5.41, 5.74) is 9.06. The molecule has 1 aromatic carbocycles. The molecule has 0 saturated heterocycles. The molecule has 5 heteroatoms. The van der Waals surface area contributed by atoms with Gasteiger partial charge in [0.25, 0.3) is 0 Å². The molecule has 0 unspecified atom stereocenters. The molecule has 0 radical (unpaired) electrons. The second-order valence-electron chi connectivity index (χ2n) is 4.92. The Morgan fingerprint density at radius 2 is 2.05 bits per heavy atom. The molecule has 0 aliphatic carbocycles. The average Bonchev–Trinajstić information content (AvgIpc) is 2.42. The molecule has 1 aromatic heterocycles. The Morgan fingerprint density at radius 1 is 1.30 bits per heavy atom. The lowest BCUT2D eigenvalue weighted by Gasteiger charge is -2.12. The smallest absolute Gasteiger partial charge is 0.161 e. The van der Waals surface area contributed by atoms with Gasteiger partial charge in [0.1, 0.15) is 5.82 Å². The molecular formula is C15H18IN3O. The van der Waals surface area contributed by atoms with Crippen molar-refractivity contribution in [1.82, 2.24) is 9.97 Å². The van der Waals surface area contributed by atoms with Crippen LogP contribution in [-0.2, 0) is 11.3 Å². The second-order valence-corrected chi connectivity index (χ2v) is 6.00. The Hall–Kier alpha value is -1.21. The first-order valence-electron chi connectivity index (χ1n) is 6.44. The number of nitrogen functional groups attached to an aromatic ring is 1. The molecule has 106 valence electrons. The molecule has 0 amide bonds. The predicted molar refractivity (Wildman–Crippen MR) is 89.4 cm³/mol.